The number of fused-ring (bicyclic) bond motifs is 1. The van der Waals surface area contributed by atoms with Crippen LogP contribution in [0.25, 0.3) is 0 Å². The lowest BCUT2D eigenvalue weighted by molar-refractivity contribution is -0.142. The van der Waals surface area contributed by atoms with Crippen LogP contribution in [0.2, 0.25) is 0 Å². The fourth-order valence-corrected chi connectivity index (χ4v) is 3.87. The van der Waals surface area contributed by atoms with Crippen LogP contribution >= 0.6 is 0 Å². The van der Waals surface area contributed by atoms with Gasteiger partial charge in [-0.15, -0.1) is 0 Å². The second-order valence-electron chi connectivity index (χ2n) is 7.45. The van der Waals surface area contributed by atoms with Crippen LogP contribution in [0, 0.1) is 5.92 Å². The molecule has 2 fully saturated rings. The van der Waals surface area contributed by atoms with E-state index in [1.165, 1.54) is 19.3 Å². The Morgan fingerprint density at radius 3 is 2.58 bits per heavy atom. The van der Waals surface area contributed by atoms with Crippen molar-refractivity contribution in [2.24, 2.45) is 5.92 Å². The number of hydrogen-bond donors (Lipinski definition) is 1. The lowest BCUT2D eigenvalue weighted by atomic mass is 9.97. The summed E-state index contributed by atoms with van der Waals surface area (Å²) in [6.07, 6.45) is 4.29. The van der Waals surface area contributed by atoms with E-state index in [9.17, 15) is 14.4 Å². The van der Waals surface area contributed by atoms with Gasteiger partial charge in [-0.25, -0.2) is 9.97 Å². The summed E-state index contributed by atoms with van der Waals surface area (Å²) < 4.78 is 0. The highest BCUT2D eigenvalue weighted by atomic mass is 16.2. The molecule has 1 aromatic rings. The molecule has 1 aromatic heterocycles. The lowest BCUT2D eigenvalue weighted by Gasteiger charge is -2.43. The molecule has 3 rings (SSSR count). The zero-order valence-electron chi connectivity index (χ0n) is 15.4. The smallest absolute Gasteiger partial charge is 0.292 e. The first kappa shape index (κ1) is 18.3. The van der Waals surface area contributed by atoms with Gasteiger partial charge in [0, 0.05) is 38.4 Å². The quantitative estimate of drug-likeness (QED) is 0.842. The number of carbonyl (C=O) groups excluding carboxylic acids is 3. The highest BCUT2D eigenvalue weighted by Crippen LogP contribution is 2.29. The van der Waals surface area contributed by atoms with Crippen molar-refractivity contribution >= 4 is 17.7 Å². The van der Waals surface area contributed by atoms with Crippen LogP contribution in [-0.2, 0) is 9.59 Å². The standard InChI is InChI=1S/C18H25N5O3/c1-11(2)7-15-17(25)22-9-13(21-12(3)24)8-14(22)10-23(15)18(26)16-19-5-4-6-20-16/h4-6,11,13-15H,7-10H2,1-3H3,(H,21,24). The summed E-state index contributed by atoms with van der Waals surface area (Å²) >= 11 is 0. The Labute approximate surface area is 153 Å². The molecule has 1 N–H and O–H groups in total. The Morgan fingerprint density at radius 1 is 1.27 bits per heavy atom. The monoisotopic (exact) mass is 359 g/mol. The molecule has 140 valence electrons. The summed E-state index contributed by atoms with van der Waals surface area (Å²) in [7, 11) is 0. The maximum Gasteiger partial charge on any atom is 0.292 e. The van der Waals surface area contributed by atoms with Gasteiger partial charge >= 0.3 is 0 Å². The van der Waals surface area contributed by atoms with Crippen molar-refractivity contribution in [3.05, 3.63) is 24.3 Å². The number of aromatic nitrogens is 2. The molecular weight excluding hydrogens is 334 g/mol. The van der Waals surface area contributed by atoms with Crippen molar-refractivity contribution in [1.82, 2.24) is 25.1 Å². The van der Waals surface area contributed by atoms with E-state index in [4.69, 9.17) is 0 Å². The first-order valence-corrected chi connectivity index (χ1v) is 9.02. The number of amides is 3. The van der Waals surface area contributed by atoms with Gasteiger partial charge in [-0.05, 0) is 24.8 Å². The molecule has 0 saturated carbocycles. The Kier molecular flexibility index (Phi) is 5.20. The molecule has 3 unspecified atom stereocenters. The van der Waals surface area contributed by atoms with E-state index in [0.717, 1.165) is 0 Å². The summed E-state index contributed by atoms with van der Waals surface area (Å²) in [4.78, 5) is 48.9. The van der Waals surface area contributed by atoms with Crippen molar-refractivity contribution in [3.8, 4) is 0 Å². The Morgan fingerprint density at radius 2 is 1.96 bits per heavy atom. The molecule has 0 spiro atoms. The average molecular weight is 359 g/mol. The fraction of sp³-hybridized carbons (Fsp3) is 0.611. The van der Waals surface area contributed by atoms with Gasteiger partial charge in [-0.3, -0.25) is 14.4 Å². The minimum absolute atomic E-state index is 0.0490. The van der Waals surface area contributed by atoms with E-state index in [1.54, 1.807) is 11.0 Å². The minimum Gasteiger partial charge on any atom is -0.352 e. The summed E-state index contributed by atoms with van der Waals surface area (Å²) in [5.41, 5.74) is 0. The molecule has 8 heteroatoms. The second kappa shape index (κ2) is 7.39. The van der Waals surface area contributed by atoms with Crippen LogP contribution in [-0.4, -0.2) is 68.7 Å². The molecule has 26 heavy (non-hydrogen) atoms. The minimum atomic E-state index is -0.515. The zero-order valence-corrected chi connectivity index (χ0v) is 15.4. The summed E-state index contributed by atoms with van der Waals surface area (Å²) in [6.45, 7) is 6.48. The summed E-state index contributed by atoms with van der Waals surface area (Å²) in [5, 5.41) is 2.89. The third-order valence-corrected chi connectivity index (χ3v) is 4.89. The van der Waals surface area contributed by atoms with Crippen LogP contribution in [0.15, 0.2) is 18.5 Å². The van der Waals surface area contributed by atoms with Crippen molar-refractivity contribution in [2.45, 2.75) is 51.7 Å². The van der Waals surface area contributed by atoms with Crippen molar-refractivity contribution in [1.29, 1.82) is 0 Å². The van der Waals surface area contributed by atoms with Gasteiger partial charge in [0.05, 0.1) is 6.04 Å². The molecule has 3 heterocycles. The molecule has 2 saturated heterocycles. The van der Waals surface area contributed by atoms with Gasteiger partial charge in [-0.1, -0.05) is 13.8 Å². The molecule has 0 bridgehead atoms. The molecule has 3 amide bonds. The maximum absolute atomic E-state index is 13.1. The third kappa shape index (κ3) is 3.68. The number of hydrogen-bond acceptors (Lipinski definition) is 5. The Bertz CT molecular complexity index is 693. The van der Waals surface area contributed by atoms with E-state index in [1.807, 2.05) is 18.7 Å². The van der Waals surface area contributed by atoms with Crippen molar-refractivity contribution < 1.29 is 14.4 Å². The molecule has 3 atom stereocenters. The van der Waals surface area contributed by atoms with E-state index in [2.05, 4.69) is 15.3 Å². The number of nitrogens with zero attached hydrogens (tertiary/aromatic N) is 4. The van der Waals surface area contributed by atoms with Crippen molar-refractivity contribution in [3.63, 3.8) is 0 Å². The van der Waals surface area contributed by atoms with E-state index >= 15 is 0 Å². The van der Waals surface area contributed by atoms with E-state index in [0.29, 0.717) is 25.9 Å². The number of rotatable bonds is 4. The van der Waals surface area contributed by atoms with Crippen LogP contribution in [0.3, 0.4) is 0 Å². The first-order chi connectivity index (χ1) is 12.4. The summed E-state index contributed by atoms with van der Waals surface area (Å²) in [6, 6.07) is 0.985. The lowest BCUT2D eigenvalue weighted by Crippen LogP contribution is -2.61. The van der Waals surface area contributed by atoms with Gasteiger partial charge in [0.25, 0.3) is 5.91 Å². The highest BCUT2D eigenvalue weighted by Gasteiger charge is 2.47. The van der Waals surface area contributed by atoms with E-state index in [-0.39, 0.29) is 41.5 Å². The summed E-state index contributed by atoms with van der Waals surface area (Å²) in [5.74, 6) is -0.0916. The second-order valence-corrected chi connectivity index (χ2v) is 7.45. The molecule has 2 aliphatic heterocycles. The largest absolute Gasteiger partial charge is 0.352 e. The SMILES string of the molecule is CC(=O)NC1CC2CN(C(=O)c3ncccn3)C(CC(C)C)C(=O)N2C1. The van der Waals surface area contributed by atoms with Gasteiger partial charge in [0.15, 0.2) is 0 Å². The van der Waals surface area contributed by atoms with E-state index < -0.39 is 6.04 Å². The van der Waals surface area contributed by atoms with Gasteiger partial charge in [-0.2, -0.15) is 0 Å². The van der Waals surface area contributed by atoms with Crippen LogP contribution in [0.1, 0.15) is 44.2 Å². The molecule has 8 nitrogen and oxygen atoms in total. The van der Waals surface area contributed by atoms with Crippen LogP contribution < -0.4 is 5.32 Å². The number of nitrogens with one attached hydrogen (secondary N) is 1. The number of carbonyl (C=O) groups is 3. The molecule has 0 radical (unpaired) electrons. The number of piperazine rings is 1. The van der Waals surface area contributed by atoms with Gasteiger partial charge < -0.3 is 15.1 Å². The predicted octanol–water partition coefficient (Wildman–Crippen LogP) is 0.453. The molecule has 0 aliphatic carbocycles. The average Bonchev–Trinajstić information content (AvgIpc) is 2.99. The molecule has 0 aromatic carbocycles. The predicted molar refractivity (Wildman–Crippen MR) is 94.0 cm³/mol. The van der Waals surface area contributed by atoms with Gasteiger partial charge in [0.2, 0.25) is 17.6 Å². The topological polar surface area (TPSA) is 95.5 Å². The first-order valence-electron chi connectivity index (χ1n) is 9.02. The third-order valence-electron chi connectivity index (χ3n) is 4.89. The normalized spacial score (nSPS) is 25.4. The molecular formula is C18H25N5O3. The Balaban J connectivity index is 1.84. The zero-order chi connectivity index (χ0) is 18.8. The highest BCUT2D eigenvalue weighted by molar-refractivity contribution is 5.96. The Hall–Kier alpha value is -2.51. The van der Waals surface area contributed by atoms with Gasteiger partial charge in [0.1, 0.15) is 6.04 Å². The molecule has 2 aliphatic rings. The maximum atomic E-state index is 13.1. The fourth-order valence-electron chi connectivity index (χ4n) is 3.87. The van der Waals surface area contributed by atoms with Crippen LogP contribution in [0.4, 0.5) is 0 Å². The van der Waals surface area contributed by atoms with Crippen LogP contribution in [0.5, 0.6) is 0 Å². The van der Waals surface area contributed by atoms with Crippen molar-refractivity contribution in [2.75, 3.05) is 13.1 Å².